The highest BCUT2D eigenvalue weighted by Crippen LogP contribution is 2.23. The van der Waals surface area contributed by atoms with Gasteiger partial charge < -0.3 is 14.4 Å². The van der Waals surface area contributed by atoms with Crippen molar-refractivity contribution in [3.63, 3.8) is 0 Å². The number of hydrogen-bond acceptors (Lipinski definition) is 5. The zero-order valence-corrected chi connectivity index (χ0v) is 19.7. The van der Waals surface area contributed by atoms with Gasteiger partial charge in [0.25, 0.3) is 5.91 Å². The molecule has 0 saturated carbocycles. The van der Waals surface area contributed by atoms with Crippen molar-refractivity contribution in [2.75, 3.05) is 20.3 Å². The Morgan fingerprint density at radius 3 is 2.54 bits per heavy atom. The molecule has 178 valence electrons. The summed E-state index contributed by atoms with van der Waals surface area (Å²) in [4.78, 5) is 20.3. The molecule has 7 heteroatoms. The summed E-state index contributed by atoms with van der Waals surface area (Å²) in [5.74, 6) is 1.31. The van der Waals surface area contributed by atoms with Gasteiger partial charge in [-0.1, -0.05) is 60.7 Å². The average molecular weight is 469 g/mol. The Morgan fingerprint density at radius 1 is 1.06 bits per heavy atom. The molecule has 0 spiro atoms. The first kappa shape index (κ1) is 22.8. The Labute approximate surface area is 204 Å². The SMILES string of the molecule is COc1cccc(CN(CC2CCCO2)C(=O)c2nc(-c3ccccc3)n(-c3ccccc3)n2)c1. The molecule has 1 aromatic heterocycles. The van der Waals surface area contributed by atoms with E-state index in [1.54, 1.807) is 16.7 Å². The van der Waals surface area contributed by atoms with Gasteiger partial charge in [-0.3, -0.25) is 4.79 Å². The van der Waals surface area contributed by atoms with E-state index in [0.29, 0.717) is 18.9 Å². The summed E-state index contributed by atoms with van der Waals surface area (Å²) >= 11 is 0. The van der Waals surface area contributed by atoms with Crippen LogP contribution in [0.5, 0.6) is 5.75 Å². The normalized spacial score (nSPS) is 15.2. The molecule has 4 aromatic rings. The number of carbonyl (C=O) groups excluding carboxylic acids is 1. The molecule has 35 heavy (non-hydrogen) atoms. The largest absolute Gasteiger partial charge is 0.497 e. The Kier molecular flexibility index (Phi) is 6.86. The molecule has 7 nitrogen and oxygen atoms in total. The Balaban J connectivity index is 1.51. The fraction of sp³-hybridized carbons (Fsp3) is 0.250. The lowest BCUT2D eigenvalue weighted by Gasteiger charge is -2.24. The number of para-hydroxylation sites is 1. The van der Waals surface area contributed by atoms with Gasteiger partial charge >= 0.3 is 0 Å². The van der Waals surface area contributed by atoms with Crippen molar-refractivity contribution < 1.29 is 14.3 Å². The molecule has 1 aliphatic rings. The second-order valence-electron chi connectivity index (χ2n) is 8.54. The number of ether oxygens (including phenoxy) is 2. The van der Waals surface area contributed by atoms with E-state index >= 15 is 0 Å². The van der Waals surface area contributed by atoms with E-state index in [9.17, 15) is 4.79 Å². The Hall–Kier alpha value is -3.97. The maximum absolute atomic E-state index is 13.8. The number of methoxy groups -OCH3 is 1. The van der Waals surface area contributed by atoms with Gasteiger partial charge in [0.1, 0.15) is 5.75 Å². The van der Waals surface area contributed by atoms with Crippen LogP contribution in [0.15, 0.2) is 84.9 Å². The van der Waals surface area contributed by atoms with Gasteiger partial charge in [-0.05, 0) is 42.7 Å². The minimum atomic E-state index is -0.227. The van der Waals surface area contributed by atoms with Crippen LogP contribution in [-0.4, -0.2) is 51.9 Å². The van der Waals surface area contributed by atoms with Crippen molar-refractivity contribution in [3.8, 4) is 22.8 Å². The first-order valence-corrected chi connectivity index (χ1v) is 11.8. The molecule has 0 N–H and O–H groups in total. The molecule has 1 fully saturated rings. The summed E-state index contributed by atoms with van der Waals surface area (Å²) in [7, 11) is 1.64. The van der Waals surface area contributed by atoms with Crippen LogP contribution < -0.4 is 4.74 Å². The summed E-state index contributed by atoms with van der Waals surface area (Å²) in [6, 6.07) is 27.3. The van der Waals surface area contributed by atoms with E-state index in [-0.39, 0.29) is 17.8 Å². The van der Waals surface area contributed by atoms with Crippen molar-refractivity contribution in [3.05, 3.63) is 96.3 Å². The molecule has 1 aliphatic heterocycles. The molecule has 3 aromatic carbocycles. The molecule has 1 amide bonds. The lowest BCUT2D eigenvalue weighted by atomic mass is 10.1. The van der Waals surface area contributed by atoms with Gasteiger partial charge in [-0.25, -0.2) is 9.67 Å². The minimum Gasteiger partial charge on any atom is -0.497 e. The predicted octanol–water partition coefficient (Wildman–Crippen LogP) is 4.76. The first-order valence-electron chi connectivity index (χ1n) is 11.8. The quantitative estimate of drug-likeness (QED) is 0.373. The standard InChI is InChI=1S/C28H28N4O3/c1-34-24-15-8-10-21(18-24)19-31(20-25-16-9-17-35-25)28(33)26-29-27(22-11-4-2-5-12-22)32(30-26)23-13-6-3-7-14-23/h2-8,10-15,18,25H,9,16-17,19-20H2,1H3. The molecule has 0 aliphatic carbocycles. The van der Waals surface area contributed by atoms with Crippen molar-refractivity contribution in [2.45, 2.75) is 25.5 Å². The van der Waals surface area contributed by atoms with Gasteiger partial charge in [-0.2, -0.15) is 0 Å². The third kappa shape index (κ3) is 5.25. The topological polar surface area (TPSA) is 69.5 Å². The van der Waals surface area contributed by atoms with Crippen LogP contribution in [0.1, 0.15) is 29.0 Å². The van der Waals surface area contributed by atoms with Crippen LogP contribution in [0.25, 0.3) is 17.1 Å². The summed E-state index contributed by atoms with van der Waals surface area (Å²) in [5, 5.41) is 4.68. The van der Waals surface area contributed by atoms with E-state index in [2.05, 4.69) is 5.10 Å². The summed E-state index contributed by atoms with van der Waals surface area (Å²) in [6.45, 7) is 1.62. The van der Waals surface area contributed by atoms with E-state index in [1.807, 2.05) is 84.9 Å². The van der Waals surface area contributed by atoms with Crippen LogP contribution >= 0.6 is 0 Å². The van der Waals surface area contributed by atoms with Gasteiger partial charge in [0.15, 0.2) is 5.82 Å². The summed E-state index contributed by atoms with van der Waals surface area (Å²) in [5.41, 5.74) is 2.71. The molecular weight excluding hydrogens is 440 g/mol. The maximum atomic E-state index is 13.8. The second-order valence-corrected chi connectivity index (χ2v) is 8.54. The fourth-order valence-electron chi connectivity index (χ4n) is 4.31. The van der Waals surface area contributed by atoms with Crippen molar-refractivity contribution in [1.29, 1.82) is 0 Å². The summed E-state index contributed by atoms with van der Waals surface area (Å²) < 4.78 is 13.0. The second kappa shape index (κ2) is 10.5. The molecule has 2 heterocycles. The van der Waals surface area contributed by atoms with Gasteiger partial charge in [0.2, 0.25) is 5.82 Å². The lowest BCUT2D eigenvalue weighted by molar-refractivity contribution is 0.0498. The van der Waals surface area contributed by atoms with Crippen LogP contribution in [0, 0.1) is 0 Å². The predicted molar refractivity (Wildman–Crippen MR) is 134 cm³/mol. The maximum Gasteiger partial charge on any atom is 0.293 e. The van der Waals surface area contributed by atoms with E-state index in [4.69, 9.17) is 14.5 Å². The number of aromatic nitrogens is 3. The highest BCUT2D eigenvalue weighted by Gasteiger charge is 2.27. The minimum absolute atomic E-state index is 0.00867. The van der Waals surface area contributed by atoms with Gasteiger partial charge in [0, 0.05) is 25.3 Å². The molecule has 5 rings (SSSR count). The monoisotopic (exact) mass is 468 g/mol. The zero-order valence-electron chi connectivity index (χ0n) is 19.7. The lowest BCUT2D eigenvalue weighted by Crippen LogP contribution is -2.37. The molecular formula is C28H28N4O3. The van der Waals surface area contributed by atoms with Crippen LogP contribution in [0.3, 0.4) is 0 Å². The average Bonchev–Trinajstić information content (AvgIpc) is 3.59. The number of carbonyl (C=O) groups is 1. The van der Waals surface area contributed by atoms with E-state index in [0.717, 1.165) is 42.0 Å². The number of hydrogen-bond donors (Lipinski definition) is 0. The molecule has 0 bridgehead atoms. The Bertz CT molecular complexity index is 1210. The molecule has 1 saturated heterocycles. The number of benzene rings is 3. The van der Waals surface area contributed by atoms with E-state index < -0.39 is 0 Å². The Morgan fingerprint density at radius 2 is 1.83 bits per heavy atom. The highest BCUT2D eigenvalue weighted by molar-refractivity contribution is 5.91. The third-order valence-corrected chi connectivity index (χ3v) is 6.07. The number of nitrogens with zero attached hydrogens (tertiary/aromatic N) is 4. The summed E-state index contributed by atoms with van der Waals surface area (Å²) in [6.07, 6.45) is 1.95. The smallest absolute Gasteiger partial charge is 0.293 e. The van der Waals surface area contributed by atoms with Gasteiger partial charge in [0.05, 0.1) is 18.9 Å². The fourth-order valence-corrected chi connectivity index (χ4v) is 4.31. The molecule has 0 radical (unpaired) electrons. The van der Waals surface area contributed by atoms with Gasteiger partial charge in [-0.15, -0.1) is 5.10 Å². The number of amides is 1. The first-order chi connectivity index (χ1) is 17.2. The number of rotatable bonds is 8. The molecule has 1 unspecified atom stereocenters. The van der Waals surface area contributed by atoms with Crippen molar-refractivity contribution in [2.24, 2.45) is 0 Å². The third-order valence-electron chi connectivity index (χ3n) is 6.07. The van der Waals surface area contributed by atoms with E-state index in [1.165, 1.54) is 0 Å². The van der Waals surface area contributed by atoms with Crippen molar-refractivity contribution >= 4 is 5.91 Å². The zero-order chi connectivity index (χ0) is 24.0. The van der Waals surface area contributed by atoms with Crippen LogP contribution in [0.4, 0.5) is 0 Å². The van der Waals surface area contributed by atoms with Crippen molar-refractivity contribution in [1.82, 2.24) is 19.7 Å². The highest BCUT2D eigenvalue weighted by atomic mass is 16.5. The molecule has 1 atom stereocenters. The van der Waals surface area contributed by atoms with Crippen LogP contribution in [-0.2, 0) is 11.3 Å². The van der Waals surface area contributed by atoms with Crippen LogP contribution in [0.2, 0.25) is 0 Å².